The fraction of sp³-hybridized carbons (Fsp3) is 0. The molecule has 0 saturated carbocycles. The number of hydrogen-bond acceptors (Lipinski definition) is 2. The quantitative estimate of drug-likeness (QED) is 0.149. The smallest absolute Gasteiger partial charge is 0.143 e. The average Bonchev–Trinajstić information content (AvgIpc) is 3.72. The average molecular weight is 832 g/mol. The van der Waals surface area contributed by atoms with Crippen LogP contribution >= 0.6 is 0 Å². The van der Waals surface area contributed by atoms with Crippen LogP contribution in [0.15, 0.2) is 144 Å². The van der Waals surface area contributed by atoms with E-state index >= 15 is 0 Å². The molecule has 0 atom stereocenters. The highest BCUT2D eigenvalue weighted by Crippen LogP contribution is 2.36. The second kappa shape index (κ2) is 16.8. The van der Waals surface area contributed by atoms with Gasteiger partial charge in [0.1, 0.15) is 105 Å². The molecule has 0 aliphatic carbocycles. The van der Waals surface area contributed by atoms with Crippen molar-refractivity contribution in [1.29, 1.82) is 0 Å². The second-order valence-electron chi connectivity index (χ2n) is 18.8. The number of furan rings is 1. The van der Waals surface area contributed by atoms with E-state index < -0.39 is 0 Å². The zero-order valence-corrected chi connectivity index (χ0v) is 40.6. The minimum Gasteiger partial charge on any atom is -0.455 e. The van der Waals surface area contributed by atoms with Crippen LogP contribution in [0.1, 0.15) is 0 Å². The molecule has 302 valence electrons. The third-order valence-corrected chi connectivity index (χ3v) is 15.4. The normalized spacial score (nSPS) is 11.5. The van der Waals surface area contributed by atoms with Gasteiger partial charge in [-0.15, -0.1) is 0 Å². The summed E-state index contributed by atoms with van der Waals surface area (Å²) >= 11 is 0. The third kappa shape index (κ3) is 6.82. The van der Waals surface area contributed by atoms with Crippen molar-refractivity contribution in [1.82, 2.24) is 0 Å². The Morgan fingerprint density at radius 1 is 0.303 bits per heavy atom. The first-order chi connectivity index (χ1) is 31.8. The van der Waals surface area contributed by atoms with Gasteiger partial charge in [-0.3, -0.25) is 0 Å². The molecule has 0 bridgehead atoms. The molecule has 10 rings (SSSR count). The summed E-state index contributed by atoms with van der Waals surface area (Å²) in [5, 5.41) is 4.83. The molecule has 2 nitrogen and oxygen atoms in total. The van der Waals surface area contributed by atoms with Gasteiger partial charge in [0.15, 0.2) is 0 Å². The van der Waals surface area contributed by atoms with E-state index in [-0.39, 0.29) is 0 Å². The molecule has 1 aromatic heterocycles. The third-order valence-electron chi connectivity index (χ3n) is 15.4. The predicted octanol–water partition coefficient (Wildman–Crippen LogP) is -6.02. The molecular weight excluding hydrogens is 784 g/mol. The fourth-order valence-corrected chi connectivity index (χ4v) is 11.2. The molecule has 0 amide bonds. The summed E-state index contributed by atoms with van der Waals surface area (Å²) in [6.45, 7) is 0. The Morgan fingerprint density at radius 2 is 0.727 bits per heavy atom. The highest BCUT2D eigenvalue weighted by Gasteiger charge is 2.30. The van der Waals surface area contributed by atoms with E-state index in [9.17, 15) is 0 Å². The minimum absolute atomic E-state index is 0.920. The zero-order chi connectivity index (χ0) is 46.3. The Morgan fingerprint density at radius 3 is 1.29 bits per heavy atom. The molecule has 0 radical (unpaired) electrons. The van der Waals surface area contributed by atoms with Gasteiger partial charge in [-0.2, -0.15) is 0 Å². The lowest BCUT2D eigenvalue weighted by Gasteiger charge is -2.39. The summed E-state index contributed by atoms with van der Waals surface area (Å²) in [5.74, 6) is 0. The maximum atomic E-state index is 6.69. The highest BCUT2D eigenvalue weighted by molar-refractivity contribution is 6.68. The van der Waals surface area contributed by atoms with E-state index in [1.807, 2.05) is 0 Å². The van der Waals surface area contributed by atoms with E-state index in [1.54, 1.807) is 0 Å². The number of hydrogen-bond donors (Lipinski definition) is 0. The standard InChI is InChI=1S/C52H47B12NO/c53-37-34(26-10-2-1-3-11-26)38(54)44(60)49(43(37)59)65(51-47(63)41(57)36(42(58)48(51)64)32-15-8-14-31-30-13-6-7-16-33(30)66-52(31)32)50-45(61)39(55)35(40(56)46(50)62)27-20-17-25(18-21-27)29-22-19-24-9-4-5-12-28(24)23-29/h1-23H,53-64H2. The number of rotatable bonds is 7. The first kappa shape index (κ1) is 43.5. The van der Waals surface area contributed by atoms with Crippen LogP contribution in [0.3, 0.4) is 0 Å². The lowest BCUT2D eigenvalue weighted by molar-refractivity contribution is 0.670. The molecular formula is C52H47B12NO. The predicted molar refractivity (Wildman–Crippen MR) is 326 cm³/mol. The van der Waals surface area contributed by atoms with Crippen molar-refractivity contribution in [2.24, 2.45) is 0 Å². The maximum Gasteiger partial charge on any atom is 0.143 e. The molecule has 9 aromatic carbocycles. The number of fused-ring (bicyclic) bond motifs is 4. The van der Waals surface area contributed by atoms with Crippen molar-refractivity contribution in [3.05, 3.63) is 140 Å². The van der Waals surface area contributed by atoms with Gasteiger partial charge < -0.3 is 9.32 Å². The zero-order valence-electron chi connectivity index (χ0n) is 40.6. The van der Waals surface area contributed by atoms with Crippen LogP contribution in [0.5, 0.6) is 0 Å². The van der Waals surface area contributed by atoms with Crippen LogP contribution in [-0.2, 0) is 0 Å². The summed E-state index contributed by atoms with van der Waals surface area (Å²) in [6.07, 6.45) is 0. The molecule has 14 heteroatoms. The second-order valence-corrected chi connectivity index (χ2v) is 18.8. The van der Waals surface area contributed by atoms with E-state index in [0.717, 1.165) is 27.5 Å². The molecule has 0 saturated heterocycles. The molecule has 0 aliphatic heterocycles. The van der Waals surface area contributed by atoms with E-state index in [0.29, 0.717) is 0 Å². The molecule has 1 heterocycles. The minimum atomic E-state index is 0.920. The first-order valence-corrected chi connectivity index (χ1v) is 23.4. The van der Waals surface area contributed by atoms with Crippen LogP contribution in [-0.4, -0.2) is 94.2 Å². The van der Waals surface area contributed by atoms with Gasteiger partial charge >= 0.3 is 0 Å². The number of benzene rings is 9. The topological polar surface area (TPSA) is 16.4 Å². The van der Waals surface area contributed by atoms with Gasteiger partial charge in [0.05, 0.1) is 0 Å². The molecule has 0 N–H and O–H groups in total. The molecule has 10 aromatic rings. The lowest BCUT2D eigenvalue weighted by Crippen LogP contribution is -2.54. The van der Waals surface area contributed by atoms with E-state index in [2.05, 4.69) is 239 Å². The van der Waals surface area contributed by atoms with Gasteiger partial charge in [-0.1, -0.05) is 193 Å². The summed E-state index contributed by atoms with van der Waals surface area (Å²) in [4.78, 5) is 2.67. The van der Waals surface area contributed by atoms with Crippen molar-refractivity contribution in [2.75, 3.05) is 4.90 Å². The Hall–Kier alpha value is -6.38. The Balaban J connectivity index is 1.20. The van der Waals surface area contributed by atoms with E-state index in [4.69, 9.17) is 4.42 Å². The Kier molecular flexibility index (Phi) is 11.1. The first-order valence-electron chi connectivity index (χ1n) is 23.4. The molecule has 0 aliphatic rings. The number of nitrogens with zero attached hydrogens (tertiary/aromatic N) is 1. The monoisotopic (exact) mass is 833 g/mol. The summed E-state index contributed by atoms with van der Waals surface area (Å²) in [7, 11) is 28.0. The van der Waals surface area contributed by atoms with Gasteiger partial charge in [0.2, 0.25) is 0 Å². The molecule has 66 heavy (non-hydrogen) atoms. The highest BCUT2D eigenvalue weighted by atomic mass is 16.3. The van der Waals surface area contributed by atoms with Gasteiger partial charge in [-0.05, 0) is 61.8 Å². The molecule has 0 fully saturated rings. The SMILES string of the molecule is Bc1c(B)c(N(c2c(B)c(B)c(-c3ccc(-c4ccc5ccccc5c4)cc3)c(B)c2B)c2c(B)c(B)c(-c3cccc4c3oc3ccccc34)c(B)c2B)c(B)c(B)c1-c1ccccc1. The fourth-order valence-electron chi connectivity index (χ4n) is 11.2. The van der Waals surface area contributed by atoms with Gasteiger partial charge in [0, 0.05) is 33.4 Å². The van der Waals surface area contributed by atoms with Crippen molar-refractivity contribution >= 4 is 209 Å². The van der Waals surface area contributed by atoms with Crippen LogP contribution in [0.25, 0.3) is 77.2 Å². The largest absolute Gasteiger partial charge is 0.455 e. The maximum absolute atomic E-state index is 6.69. The van der Waals surface area contributed by atoms with Crippen LogP contribution in [0.2, 0.25) is 0 Å². The van der Waals surface area contributed by atoms with Crippen molar-refractivity contribution in [3.63, 3.8) is 0 Å². The number of anilines is 3. The lowest BCUT2D eigenvalue weighted by atomic mass is 9.61. The van der Waals surface area contributed by atoms with Crippen molar-refractivity contribution in [3.8, 4) is 44.5 Å². The van der Waals surface area contributed by atoms with E-state index in [1.165, 1.54) is 132 Å². The van der Waals surface area contributed by atoms with Crippen LogP contribution < -0.4 is 70.5 Å². The Labute approximate surface area is 400 Å². The van der Waals surface area contributed by atoms with Gasteiger partial charge in [0.25, 0.3) is 0 Å². The van der Waals surface area contributed by atoms with Crippen LogP contribution in [0.4, 0.5) is 17.1 Å². The van der Waals surface area contributed by atoms with Gasteiger partial charge in [-0.25, -0.2) is 0 Å². The molecule has 0 spiro atoms. The van der Waals surface area contributed by atoms with Crippen LogP contribution in [0, 0.1) is 0 Å². The summed E-state index contributed by atoms with van der Waals surface area (Å²) in [5.41, 5.74) is 31.1. The van der Waals surface area contributed by atoms with Crippen molar-refractivity contribution in [2.45, 2.75) is 0 Å². The summed E-state index contributed by atoms with van der Waals surface area (Å²) in [6, 6.07) is 50.5. The van der Waals surface area contributed by atoms with Crippen molar-refractivity contribution < 1.29 is 4.42 Å². The summed E-state index contributed by atoms with van der Waals surface area (Å²) < 4.78 is 6.69. The number of para-hydroxylation sites is 2. The Bertz CT molecular complexity index is 3540. The molecule has 0 unspecified atom stereocenters.